The minimum atomic E-state index is -0.156. The van der Waals surface area contributed by atoms with Gasteiger partial charge in [-0.3, -0.25) is 4.90 Å². The Kier molecular flexibility index (Phi) is 4.94. The Morgan fingerprint density at radius 3 is 2.74 bits per heavy atom. The van der Waals surface area contributed by atoms with Crippen molar-refractivity contribution < 1.29 is 9.13 Å². The summed E-state index contributed by atoms with van der Waals surface area (Å²) in [6, 6.07) is 13.6. The molecule has 5 heteroatoms. The highest BCUT2D eigenvalue weighted by molar-refractivity contribution is 5.33. The summed E-state index contributed by atoms with van der Waals surface area (Å²) in [5, 5.41) is 0. The van der Waals surface area contributed by atoms with Crippen molar-refractivity contribution in [1.29, 1.82) is 0 Å². The zero-order valence-corrected chi connectivity index (χ0v) is 15.7. The van der Waals surface area contributed by atoms with E-state index in [2.05, 4.69) is 28.9 Å². The molecule has 1 aliphatic rings. The van der Waals surface area contributed by atoms with Gasteiger partial charge in [-0.1, -0.05) is 18.2 Å². The van der Waals surface area contributed by atoms with E-state index >= 15 is 0 Å². The molecule has 0 radical (unpaired) electrons. The fourth-order valence-electron chi connectivity index (χ4n) is 3.66. The van der Waals surface area contributed by atoms with Crippen LogP contribution in [0.4, 0.5) is 4.39 Å². The maximum absolute atomic E-state index is 13.6. The molecule has 0 aliphatic carbocycles. The summed E-state index contributed by atoms with van der Waals surface area (Å²) in [5.74, 6) is 1.57. The molecule has 27 heavy (non-hydrogen) atoms. The maximum Gasteiger partial charge on any atom is 0.146 e. The molecule has 1 atom stereocenters. The molecule has 0 N–H and O–H groups in total. The van der Waals surface area contributed by atoms with Crippen molar-refractivity contribution in [3.05, 3.63) is 83.2 Å². The van der Waals surface area contributed by atoms with Crippen LogP contribution in [0.1, 0.15) is 35.5 Å². The molecule has 0 saturated carbocycles. The van der Waals surface area contributed by atoms with Crippen LogP contribution in [0.15, 0.2) is 54.9 Å². The second-order valence-corrected chi connectivity index (χ2v) is 7.13. The number of nitrogens with zero attached hydrogens (tertiary/aromatic N) is 3. The van der Waals surface area contributed by atoms with Crippen LogP contribution in [0.2, 0.25) is 0 Å². The van der Waals surface area contributed by atoms with E-state index in [1.807, 2.05) is 36.0 Å². The molecule has 2 aromatic carbocycles. The largest absolute Gasteiger partial charge is 0.486 e. The van der Waals surface area contributed by atoms with Crippen LogP contribution in [0.5, 0.6) is 5.75 Å². The average molecular weight is 365 g/mol. The summed E-state index contributed by atoms with van der Waals surface area (Å²) in [6.07, 6.45) is 4.64. The molecule has 4 nitrogen and oxygen atoms in total. The predicted octanol–water partition coefficient (Wildman–Crippen LogP) is 4.26. The fourth-order valence-corrected chi connectivity index (χ4v) is 3.66. The lowest BCUT2D eigenvalue weighted by molar-refractivity contribution is 0.189. The highest BCUT2D eigenvalue weighted by atomic mass is 19.1. The molecular weight excluding hydrogens is 341 g/mol. The van der Waals surface area contributed by atoms with E-state index in [1.165, 1.54) is 11.1 Å². The number of hydrogen-bond donors (Lipinski definition) is 0. The smallest absolute Gasteiger partial charge is 0.146 e. The van der Waals surface area contributed by atoms with Gasteiger partial charge in [0.15, 0.2) is 0 Å². The van der Waals surface area contributed by atoms with Gasteiger partial charge in [0.1, 0.15) is 24.0 Å². The first-order chi connectivity index (χ1) is 13.1. The molecule has 0 amide bonds. The monoisotopic (exact) mass is 365 g/mol. The van der Waals surface area contributed by atoms with Gasteiger partial charge >= 0.3 is 0 Å². The zero-order valence-electron chi connectivity index (χ0n) is 15.7. The van der Waals surface area contributed by atoms with Crippen molar-refractivity contribution in [1.82, 2.24) is 14.5 Å². The van der Waals surface area contributed by atoms with E-state index in [9.17, 15) is 4.39 Å². The SMILES string of the molecule is CC1c2cc(F)ccc2CCN1Cc1ccc(OCc2nccn2C)cc1. The Morgan fingerprint density at radius 1 is 1.19 bits per heavy atom. The molecule has 140 valence electrons. The molecule has 1 aliphatic heterocycles. The second kappa shape index (κ2) is 7.53. The third-order valence-electron chi connectivity index (χ3n) is 5.37. The number of aromatic nitrogens is 2. The normalized spacial score (nSPS) is 16.9. The molecule has 0 fully saturated rings. The number of imidazole rings is 1. The van der Waals surface area contributed by atoms with Crippen molar-refractivity contribution in [3.8, 4) is 5.75 Å². The Labute approximate surface area is 159 Å². The first-order valence-electron chi connectivity index (χ1n) is 9.30. The van der Waals surface area contributed by atoms with E-state index in [-0.39, 0.29) is 11.9 Å². The van der Waals surface area contributed by atoms with E-state index in [1.54, 1.807) is 18.3 Å². The van der Waals surface area contributed by atoms with Crippen LogP contribution < -0.4 is 4.74 Å². The van der Waals surface area contributed by atoms with Crippen LogP contribution in [0, 0.1) is 5.82 Å². The van der Waals surface area contributed by atoms with Gasteiger partial charge in [-0.05, 0) is 54.3 Å². The summed E-state index contributed by atoms with van der Waals surface area (Å²) in [6.45, 7) is 4.43. The lowest BCUT2D eigenvalue weighted by Crippen LogP contribution is -2.33. The van der Waals surface area contributed by atoms with Crippen LogP contribution in [0.25, 0.3) is 0 Å². The van der Waals surface area contributed by atoms with Gasteiger partial charge in [0.2, 0.25) is 0 Å². The lowest BCUT2D eigenvalue weighted by Gasteiger charge is -2.35. The number of ether oxygens (including phenoxy) is 1. The molecule has 0 spiro atoms. The quantitative estimate of drug-likeness (QED) is 0.677. The Morgan fingerprint density at radius 2 is 2.00 bits per heavy atom. The average Bonchev–Trinajstić information content (AvgIpc) is 3.09. The maximum atomic E-state index is 13.6. The van der Waals surface area contributed by atoms with E-state index in [0.29, 0.717) is 6.61 Å². The highest BCUT2D eigenvalue weighted by Gasteiger charge is 2.24. The molecular formula is C22H24FN3O. The number of rotatable bonds is 5. The van der Waals surface area contributed by atoms with Crippen LogP contribution in [0.3, 0.4) is 0 Å². The van der Waals surface area contributed by atoms with Gasteiger partial charge in [0.05, 0.1) is 0 Å². The van der Waals surface area contributed by atoms with Gasteiger partial charge in [-0.2, -0.15) is 0 Å². The van der Waals surface area contributed by atoms with Gasteiger partial charge in [-0.25, -0.2) is 9.37 Å². The molecule has 4 rings (SSSR count). The third kappa shape index (κ3) is 3.88. The lowest BCUT2D eigenvalue weighted by atomic mass is 9.93. The third-order valence-corrected chi connectivity index (χ3v) is 5.37. The molecule has 0 saturated heterocycles. The highest BCUT2D eigenvalue weighted by Crippen LogP contribution is 2.31. The fraction of sp³-hybridized carbons (Fsp3) is 0.318. The second-order valence-electron chi connectivity index (χ2n) is 7.13. The summed E-state index contributed by atoms with van der Waals surface area (Å²) in [4.78, 5) is 6.66. The molecule has 1 unspecified atom stereocenters. The van der Waals surface area contributed by atoms with Gasteiger partial charge in [0.25, 0.3) is 0 Å². The van der Waals surface area contributed by atoms with E-state index in [0.717, 1.165) is 36.6 Å². The number of halogens is 1. The minimum absolute atomic E-state index is 0.156. The van der Waals surface area contributed by atoms with Crippen molar-refractivity contribution in [2.75, 3.05) is 6.54 Å². The van der Waals surface area contributed by atoms with Crippen molar-refractivity contribution in [3.63, 3.8) is 0 Å². The predicted molar refractivity (Wildman–Crippen MR) is 103 cm³/mol. The number of benzene rings is 2. The van der Waals surface area contributed by atoms with Crippen LogP contribution in [-0.2, 0) is 26.6 Å². The number of fused-ring (bicyclic) bond motifs is 1. The van der Waals surface area contributed by atoms with E-state index < -0.39 is 0 Å². The summed E-state index contributed by atoms with van der Waals surface area (Å²) < 4.78 is 21.4. The van der Waals surface area contributed by atoms with Crippen LogP contribution in [-0.4, -0.2) is 21.0 Å². The van der Waals surface area contributed by atoms with Crippen molar-refractivity contribution in [2.45, 2.75) is 32.5 Å². The van der Waals surface area contributed by atoms with Gasteiger partial charge < -0.3 is 9.30 Å². The Hall–Kier alpha value is -2.66. The van der Waals surface area contributed by atoms with Gasteiger partial charge in [-0.15, -0.1) is 0 Å². The van der Waals surface area contributed by atoms with Crippen molar-refractivity contribution >= 4 is 0 Å². The van der Waals surface area contributed by atoms with E-state index in [4.69, 9.17) is 4.74 Å². The number of hydrogen-bond acceptors (Lipinski definition) is 3. The molecule has 1 aromatic heterocycles. The first-order valence-corrected chi connectivity index (χ1v) is 9.30. The summed E-state index contributed by atoms with van der Waals surface area (Å²) in [7, 11) is 1.96. The van der Waals surface area contributed by atoms with Crippen LogP contribution >= 0.6 is 0 Å². The van der Waals surface area contributed by atoms with Gasteiger partial charge in [0, 0.05) is 38.6 Å². The topological polar surface area (TPSA) is 30.3 Å². The molecule has 2 heterocycles. The minimum Gasteiger partial charge on any atom is -0.486 e. The molecule has 3 aromatic rings. The number of aryl methyl sites for hydroxylation is 1. The standard InChI is InChI=1S/C22H24FN3O/c1-16-21-13-19(23)6-5-18(21)9-11-26(16)14-17-3-7-20(8-4-17)27-15-22-24-10-12-25(22)2/h3-8,10,12-13,16H,9,11,14-15H2,1-2H3. The Balaban J connectivity index is 1.39. The first kappa shape index (κ1) is 17.7. The summed E-state index contributed by atoms with van der Waals surface area (Å²) >= 11 is 0. The molecule has 0 bridgehead atoms. The van der Waals surface area contributed by atoms with Crippen molar-refractivity contribution in [2.24, 2.45) is 7.05 Å². The Bertz CT molecular complexity index is 920. The zero-order chi connectivity index (χ0) is 18.8. The summed E-state index contributed by atoms with van der Waals surface area (Å²) in [5.41, 5.74) is 3.60.